The van der Waals surface area contributed by atoms with Gasteiger partial charge in [-0.3, -0.25) is 4.90 Å². The van der Waals surface area contributed by atoms with Crippen molar-refractivity contribution in [2.45, 2.75) is 53.1 Å². The highest BCUT2D eigenvalue weighted by molar-refractivity contribution is 5.27. The number of hydrogen-bond acceptors (Lipinski definition) is 2. The zero-order chi connectivity index (χ0) is 15.9. The van der Waals surface area contributed by atoms with Crippen molar-refractivity contribution in [3.63, 3.8) is 0 Å². The lowest BCUT2D eigenvalue weighted by molar-refractivity contribution is 0.303. The van der Waals surface area contributed by atoms with Gasteiger partial charge in [0.2, 0.25) is 0 Å². The van der Waals surface area contributed by atoms with E-state index in [1.807, 2.05) is 0 Å². The predicted molar refractivity (Wildman–Crippen MR) is 93.7 cm³/mol. The molecule has 0 aromatic heterocycles. The molecule has 21 heavy (non-hydrogen) atoms. The Bertz CT molecular complexity index is 443. The fourth-order valence-corrected chi connectivity index (χ4v) is 2.43. The molecule has 0 spiro atoms. The fraction of sp³-hybridized carbons (Fsp3) is 0.579. The number of likely N-dealkylation sites (N-methyl/N-ethyl adjacent to an activating group) is 1. The van der Waals surface area contributed by atoms with Crippen molar-refractivity contribution in [3.8, 4) is 0 Å². The van der Waals surface area contributed by atoms with Crippen LogP contribution in [0.5, 0.6) is 0 Å². The van der Waals surface area contributed by atoms with E-state index in [0.717, 1.165) is 32.6 Å². The number of benzene rings is 1. The fourth-order valence-electron chi connectivity index (χ4n) is 2.43. The quantitative estimate of drug-likeness (QED) is 0.727. The van der Waals surface area contributed by atoms with E-state index in [2.05, 4.69) is 75.7 Å². The summed E-state index contributed by atoms with van der Waals surface area (Å²) in [4.78, 5) is 2.44. The van der Waals surface area contributed by atoms with Gasteiger partial charge in [-0.25, -0.2) is 0 Å². The third kappa shape index (κ3) is 7.45. The lowest BCUT2D eigenvalue weighted by atomic mass is 10.0. The van der Waals surface area contributed by atoms with Crippen molar-refractivity contribution in [1.82, 2.24) is 10.2 Å². The molecule has 1 N–H and O–H groups in total. The average Bonchev–Trinajstić information content (AvgIpc) is 2.38. The van der Waals surface area contributed by atoms with E-state index in [0.29, 0.717) is 0 Å². The van der Waals surface area contributed by atoms with Gasteiger partial charge in [0.1, 0.15) is 0 Å². The first-order valence-corrected chi connectivity index (χ1v) is 8.00. The largest absolute Gasteiger partial charge is 0.312 e. The summed E-state index contributed by atoms with van der Waals surface area (Å²) in [5.74, 6) is 0. The third-order valence-electron chi connectivity index (χ3n) is 3.50. The normalized spacial score (nSPS) is 11.9. The van der Waals surface area contributed by atoms with Gasteiger partial charge in [0.15, 0.2) is 0 Å². The standard InChI is InChI=1S/C19H32N2/c1-7-21(14-16(2)3)15-18-11-9-8-10-17(18)12-13-20-19(4,5)6/h8-11,20H,2,7,12-15H2,1,3-6H3. The first-order chi connectivity index (χ1) is 9.81. The highest BCUT2D eigenvalue weighted by atomic mass is 15.1. The van der Waals surface area contributed by atoms with Crippen molar-refractivity contribution in [3.05, 3.63) is 47.5 Å². The highest BCUT2D eigenvalue weighted by Gasteiger charge is 2.10. The average molecular weight is 288 g/mol. The minimum Gasteiger partial charge on any atom is -0.312 e. The van der Waals surface area contributed by atoms with Crippen LogP contribution in [0.3, 0.4) is 0 Å². The first kappa shape index (κ1) is 17.9. The van der Waals surface area contributed by atoms with Crippen molar-refractivity contribution in [2.24, 2.45) is 0 Å². The Labute approximate surface area is 131 Å². The topological polar surface area (TPSA) is 15.3 Å². The zero-order valence-corrected chi connectivity index (χ0v) is 14.5. The van der Waals surface area contributed by atoms with Crippen LogP contribution < -0.4 is 5.32 Å². The van der Waals surface area contributed by atoms with Gasteiger partial charge in [-0.15, -0.1) is 0 Å². The van der Waals surface area contributed by atoms with Gasteiger partial charge < -0.3 is 5.32 Å². The molecular formula is C19H32N2. The van der Waals surface area contributed by atoms with Crippen LogP contribution in [0.2, 0.25) is 0 Å². The molecule has 0 atom stereocenters. The molecule has 1 rings (SSSR count). The second-order valence-electron chi connectivity index (χ2n) is 6.96. The van der Waals surface area contributed by atoms with Crippen LogP contribution in [0.15, 0.2) is 36.4 Å². The minimum absolute atomic E-state index is 0.185. The van der Waals surface area contributed by atoms with Crippen LogP contribution in [0.4, 0.5) is 0 Å². The molecule has 0 saturated heterocycles. The molecular weight excluding hydrogens is 256 g/mol. The van der Waals surface area contributed by atoms with Crippen LogP contribution in [0.25, 0.3) is 0 Å². The lowest BCUT2D eigenvalue weighted by Gasteiger charge is -2.23. The van der Waals surface area contributed by atoms with E-state index in [1.165, 1.54) is 16.7 Å². The maximum Gasteiger partial charge on any atom is 0.0239 e. The number of rotatable bonds is 8. The van der Waals surface area contributed by atoms with E-state index in [1.54, 1.807) is 0 Å². The van der Waals surface area contributed by atoms with E-state index in [4.69, 9.17) is 0 Å². The Balaban J connectivity index is 2.67. The maximum absolute atomic E-state index is 4.03. The molecule has 118 valence electrons. The van der Waals surface area contributed by atoms with Gasteiger partial charge in [-0.2, -0.15) is 0 Å². The van der Waals surface area contributed by atoms with Gasteiger partial charge >= 0.3 is 0 Å². The van der Waals surface area contributed by atoms with Gasteiger partial charge in [0.25, 0.3) is 0 Å². The van der Waals surface area contributed by atoms with E-state index >= 15 is 0 Å². The summed E-state index contributed by atoms with van der Waals surface area (Å²) in [6, 6.07) is 8.80. The molecule has 0 aliphatic rings. The van der Waals surface area contributed by atoms with E-state index in [-0.39, 0.29) is 5.54 Å². The maximum atomic E-state index is 4.03. The molecule has 0 aliphatic carbocycles. The van der Waals surface area contributed by atoms with Gasteiger partial charge in [-0.1, -0.05) is 43.3 Å². The summed E-state index contributed by atoms with van der Waals surface area (Å²) in [5, 5.41) is 3.57. The van der Waals surface area contributed by atoms with Crippen molar-refractivity contribution < 1.29 is 0 Å². The van der Waals surface area contributed by atoms with Crippen LogP contribution in [0.1, 0.15) is 45.7 Å². The van der Waals surface area contributed by atoms with Crippen molar-refractivity contribution in [2.75, 3.05) is 19.6 Å². The Morgan fingerprint density at radius 2 is 1.81 bits per heavy atom. The second-order valence-corrected chi connectivity index (χ2v) is 6.96. The number of nitrogens with one attached hydrogen (secondary N) is 1. The van der Waals surface area contributed by atoms with Crippen LogP contribution in [-0.4, -0.2) is 30.1 Å². The Kier molecular flexibility index (Phi) is 7.13. The molecule has 0 aliphatic heterocycles. The Morgan fingerprint density at radius 1 is 1.19 bits per heavy atom. The molecule has 1 aromatic rings. The molecule has 0 radical (unpaired) electrons. The van der Waals surface area contributed by atoms with Gasteiger partial charge in [0.05, 0.1) is 0 Å². The monoisotopic (exact) mass is 288 g/mol. The van der Waals surface area contributed by atoms with Crippen molar-refractivity contribution in [1.29, 1.82) is 0 Å². The first-order valence-electron chi connectivity index (χ1n) is 8.00. The van der Waals surface area contributed by atoms with E-state index in [9.17, 15) is 0 Å². The number of hydrogen-bond donors (Lipinski definition) is 1. The van der Waals surface area contributed by atoms with Crippen LogP contribution >= 0.6 is 0 Å². The molecule has 0 fully saturated rings. The van der Waals surface area contributed by atoms with Gasteiger partial charge in [-0.05, 0) is 58.3 Å². The smallest absolute Gasteiger partial charge is 0.0239 e. The summed E-state index contributed by atoms with van der Waals surface area (Å²) in [5.41, 5.74) is 4.30. The molecule has 1 aromatic carbocycles. The number of nitrogens with zero attached hydrogens (tertiary/aromatic N) is 1. The van der Waals surface area contributed by atoms with E-state index < -0.39 is 0 Å². The molecule has 0 bridgehead atoms. The third-order valence-corrected chi connectivity index (χ3v) is 3.50. The predicted octanol–water partition coefficient (Wildman–Crippen LogP) is 4.02. The van der Waals surface area contributed by atoms with Crippen LogP contribution in [-0.2, 0) is 13.0 Å². The SMILES string of the molecule is C=C(C)CN(CC)Cc1ccccc1CCNC(C)(C)C. The van der Waals surface area contributed by atoms with Crippen molar-refractivity contribution >= 4 is 0 Å². The Hall–Kier alpha value is -1.12. The molecule has 2 heteroatoms. The Morgan fingerprint density at radius 3 is 2.33 bits per heavy atom. The summed E-state index contributed by atoms with van der Waals surface area (Å²) in [6.07, 6.45) is 1.08. The summed E-state index contributed by atoms with van der Waals surface area (Å²) >= 11 is 0. The lowest BCUT2D eigenvalue weighted by Crippen LogP contribution is -2.37. The highest BCUT2D eigenvalue weighted by Crippen LogP contribution is 2.13. The second kappa shape index (κ2) is 8.35. The summed E-state index contributed by atoms with van der Waals surface area (Å²) < 4.78 is 0. The van der Waals surface area contributed by atoms with Gasteiger partial charge in [0, 0.05) is 18.6 Å². The molecule has 0 saturated carbocycles. The molecule has 0 unspecified atom stereocenters. The van der Waals surface area contributed by atoms with Crippen LogP contribution in [0, 0.1) is 0 Å². The molecule has 0 amide bonds. The minimum atomic E-state index is 0.185. The summed E-state index contributed by atoms with van der Waals surface area (Å²) in [7, 11) is 0. The molecule has 0 heterocycles. The summed E-state index contributed by atoms with van der Waals surface area (Å²) in [6.45, 7) is 19.0. The zero-order valence-electron chi connectivity index (χ0n) is 14.5. The molecule has 2 nitrogen and oxygen atoms in total.